The molecule has 2 rings (SSSR count). The van der Waals surface area contributed by atoms with Crippen LogP contribution in [-0.2, 0) is 10.4 Å². The standard InChI is InChI=1S/C16H24FNO/c1-19-12-16(17,10-5-11-18)15-9-3-2-8-14(15)13-6-4-7-13/h2-3,8-9,13H,4-7,10-12,18H2,1H3. The molecule has 1 aromatic rings. The first kappa shape index (κ1) is 14.5. The summed E-state index contributed by atoms with van der Waals surface area (Å²) in [5.74, 6) is 0.529. The van der Waals surface area contributed by atoms with E-state index in [9.17, 15) is 0 Å². The lowest BCUT2D eigenvalue weighted by Crippen LogP contribution is -2.30. The molecule has 19 heavy (non-hydrogen) atoms. The van der Waals surface area contributed by atoms with Crippen LogP contribution < -0.4 is 5.73 Å². The molecular weight excluding hydrogens is 241 g/mol. The zero-order chi connectivity index (χ0) is 13.7. The number of alkyl halides is 1. The van der Waals surface area contributed by atoms with E-state index in [1.54, 1.807) is 7.11 Å². The number of rotatable bonds is 7. The summed E-state index contributed by atoms with van der Waals surface area (Å²) < 4.78 is 20.4. The Balaban J connectivity index is 2.29. The third-order valence-corrected chi connectivity index (χ3v) is 4.14. The van der Waals surface area contributed by atoms with E-state index < -0.39 is 5.67 Å². The van der Waals surface area contributed by atoms with Gasteiger partial charge in [-0.15, -0.1) is 0 Å². The summed E-state index contributed by atoms with van der Waals surface area (Å²) >= 11 is 0. The van der Waals surface area contributed by atoms with Crippen molar-refractivity contribution in [2.45, 2.75) is 43.7 Å². The van der Waals surface area contributed by atoms with E-state index in [-0.39, 0.29) is 6.61 Å². The molecule has 1 aliphatic rings. The quantitative estimate of drug-likeness (QED) is 0.819. The van der Waals surface area contributed by atoms with Crippen LogP contribution in [0.15, 0.2) is 24.3 Å². The minimum atomic E-state index is -1.40. The van der Waals surface area contributed by atoms with Crippen LogP contribution in [0, 0.1) is 0 Å². The van der Waals surface area contributed by atoms with Crippen molar-refractivity contribution >= 4 is 0 Å². The zero-order valence-electron chi connectivity index (χ0n) is 11.7. The van der Waals surface area contributed by atoms with Gasteiger partial charge in [0.25, 0.3) is 0 Å². The number of methoxy groups -OCH3 is 1. The summed E-state index contributed by atoms with van der Waals surface area (Å²) in [6.07, 6.45) is 4.72. The number of benzene rings is 1. The highest BCUT2D eigenvalue weighted by Crippen LogP contribution is 2.43. The van der Waals surface area contributed by atoms with E-state index in [1.165, 1.54) is 24.8 Å². The first-order chi connectivity index (χ1) is 9.21. The molecule has 1 atom stereocenters. The summed E-state index contributed by atoms with van der Waals surface area (Å²) in [5.41, 5.74) is 6.12. The monoisotopic (exact) mass is 265 g/mol. The van der Waals surface area contributed by atoms with E-state index in [1.807, 2.05) is 18.2 Å². The summed E-state index contributed by atoms with van der Waals surface area (Å²) in [5, 5.41) is 0. The molecule has 0 bridgehead atoms. The third kappa shape index (κ3) is 3.15. The predicted octanol–water partition coefficient (Wildman–Crippen LogP) is 3.50. The molecule has 3 heteroatoms. The van der Waals surface area contributed by atoms with Gasteiger partial charge in [0.15, 0.2) is 5.67 Å². The van der Waals surface area contributed by atoms with Crippen LogP contribution in [0.1, 0.15) is 49.1 Å². The van der Waals surface area contributed by atoms with E-state index >= 15 is 4.39 Å². The highest BCUT2D eigenvalue weighted by molar-refractivity contribution is 5.36. The largest absolute Gasteiger partial charge is 0.381 e. The van der Waals surface area contributed by atoms with Gasteiger partial charge in [-0.2, -0.15) is 0 Å². The van der Waals surface area contributed by atoms with Crippen LogP contribution in [0.5, 0.6) is 0 Å². The van der Waals surface area contributed by atoms with Crippen molar-refractivity contribution < 1.29 is 9.13 Å². The molecule has 1 saturated carbocycles. The summed E-state index contributed by atoms with van der Waals surface area (Å²) in [4.78, 5) is 0. The number of hydrogen-bond acceptors (Lipinski definition) is 2. The van der Waals surface area contributed by atoms with Crippen LogP contribution in [0.4, 0.5) is 4.39 Å². The highest BCUT2D eigenvalue weighted by atomic mass is 19.1. The Hall–Kier alpha value is -0.930. The lowest BCUT2D eigenvalue weighted by molar-refractivity contribution is 0.0291. The van der Waals surface area contributed by atoms with Crippen LogP contribution in [-0.4, -0.2) is 20.3 Å². The third-order valence-electron chi connectivity index (χ3n) is 4.14. The molecule has 0 spiro atoms. The maximum Gasteiger partial charge on any atom is 0.159 e. The fraction of sp³-hybridized carbons (Fsp3) is 0.625. The number of hydrogen-bond donors (Lipinski definition) is 1. The molecule has 0 saturated heterocycles. The lowest BCUT2D eigenvalue weighted by Gasteiger charge is -2.33. The second-order valence-corrected chi connectivity index (χ2v) is 5.51. The Labute approximate surface area is 115 Å². The molecule has 0 aromatic heterocycles. The van der Waals surface area contributed by atoms with E-state index in [2.05, 4.69) is 6.07 Å². The van der Waals surface area contributed by atoms with Crippen molar-refractivity contribution in [3.8, 4) is 0 Å². The Kier molecular flexibility index (Phi) is 4.94. The van der Waals surface area contributed by atoms with Crippen molar-refractivity contribution in [2.24, 2.45) is 5.73 Å². The maximum atomic E-state index is 15.3. The van der Waals surface area contributed by atoms with Gasteiger partial charge in [0.2, 0.25) is 0 Å². The smallest absolute Gasteiger partial charge is 0.159 e. The molecule has 0 radical (unpaired) electrons. The molecule has 0 aliphatic heterocycles. The van der Waals surface area contributed by atoms with Gasteiger partial charge < -0.3 is 10.5 Å². The van der Waals surface area contributed by atoms with Crippen molar-refractivity contribution in [2.75, 3.05) is 20.3 Å². The summed E-state index contributed by atoms with van der Waals surface area (Å²) in [7, 11) is 1.56. The van der Waals surface area contributed by atoms with Gasteiger partial charge in [-0.05, 0) is 49.3 Å². The molecule has 0 heterocycles. The molecule has 2 N–H and O–H groups in total. The van der Waals surface area contributed by atoms with Crippen molar-refractivity contribution in [1.82, 2.24) is 0 Å². The van der Waals surface area contributed by atoms with E-state index in [4.69, 9.17) is 10.5 Å². The molecule has 1 aromatic carbocycles. The topological polar surface area (TPSA) is 35.2 Å². The second kappa shape index (κ2) is 6.49. The molecule has 106 valence electrons. The average molecular weight is 265 g/mol. The minimum absolute atomic E-state index is 0.108. The van der Waals surface area contributed by atoms with Gasteiger partial charge in [-0.3, -0.25) is 0 Å². The molecule has 1 aliphatic carbocycles. The number of nitrogens with two attached hydrogens (primary N) is 1. The minimum Gasteiger partial charge on any atom is -0.381 e. The Morgan fingerprint density at radius 3 is 2.68 bits per heavy atom. The lowest BCUT2D eigenvalue weighted by atomic mass is 9.75. The fourth-order valence-electron chi connectivity index (χ4n) is 2.88. The Bertz CT molecular complexity index is 405. The van der Waals surface area contributed by atoms with Crippen LogP contribution >= 0.6 is 0 Å². The van der Waals surface area contributed by atoms with Gasteiger partial charge in [0, 0.05) is 7.11 Å². The maximum absolute atomic E-state index is 15.3. The van der Waals surface area contributed by atoms with Crippen molar-refractivity contribution in [3.05, 3.63) is 35.4 Å². The van der Waals surface area contributed by atoms with Gasteiger partial charge in [-0.25, -0.2) is 4.39 Å². The Morgan fingerprint density at radius 2 is 2.11 bits per heavy atom. The Morgan fingerprint density at radius 1 is 1.37 bits per heavy atom. The van der Waals surface area contributed by atoms with Crippen molar-refractivity contribution in [1.29, 1.82) is 0 Å². The molecule has 1 fully saturated rings. The van der Waals surface area contributed by atoms with Gasteiger partial charge in [-0.1, -0.05) is 30.7 Å². The fourth-order valence-corrected chi connectivity index (χ4v) is 2.88. The SMILES string of the molecule is COCC(F)(CCCN)c1ccccc1C1CCC1. The summed E-state index contributed by atoms with van der Waals surface area (Å²) in [6, 6.07) is 7.92. The normalized spacial score (nSPS) is 18.9. The highest BCUT2D eigenvalue weighted by Gasteiger charge is 2.36. The molecular formula is C16H24FNO. The molecule has 1 unspecified atom stereocenters. The van der Waals surface area contributed by atoms with Crippen LogP contribution in [0.25, 0.3) is 0 Å². The number of halogens is 1. The van der Waals surface area contributed by atoms with Crippen LogP contribution in [0.3, 0.4) is 0 Å². The van der Waals surface area contributed by atoms with Gasteiger partial charge >= 0.3 is 0 Å². The zero-order valence-corrected chi connectivity index (χ0v) is 11.7. The summed E-state index contributed by atoms with van der Waals surface area (Å²) in [6.45, 7) is 0.623. The van der Waals surface area contributed by atoms with Gasteiger partial charge in [0.1, 0.15) is 0 Å². The second-order valence-electron chi connectivity index (χ2n) is 5.51. The molecule has 0 amide bonds. The van der Waals surface area contributed by atoms with Crippen molar-refractivity contribution in [3.63, 3.8) is 0 Å². The average Bonchev–Trinajstić information content (AvgIpc) is 2.35. The van der Waals surface area contributed by atoms with Crippen LogP contribution in [0.2, 0.25) is 0 Å². The first-order valence-corrected chi connectivity index (χ1v) is 7.18. The van der Waals surface area contributed by atoms with Gasteiger partial charge in [0.05, 0.1) is 6.61 Å². The first-order valence-electron chi connectivity index (χ1n) is 7.18. The van der Waals surface area contributed by atoms with E-state index in [0.717, 1.165) is 5.56 Å². The van der Waals surface area contributed by atoms with E-state index in [0.29, 0.717) is 25.3 Å². The molecule has 2 nitrogen and oxygen atoms in total. The predicted molar refractivity (Wildman–Crippen MR) is 76.0 cm³/mol. The number of ether oxygens (including phenoxy) is 1.